The van der Waals surface area contributed by atoms with Gasteiger partial charge in [-0.2, -0.15) is 11.8 Å². The minimum atomic E-state index is 0.0441. The Hall–Kier alpha value is -0.950. The lowest BCUT2D eigenvalue weighted by Gasteiger charge is -2.31. The van der Waals surface area contributed by atoms with E-state index in [0.717, 1.165) is 30.4 Å². The number of nitrogens with two attached hydrogens (primary N) is 1. The van der Waals surface area contributed by atoms with Crippen LogP contribution in [0.25, 0.3) is 0 Å². The zero-order valence-electron chi connectivity index (χ0n) is 11.6. The van der Waals surface area contributed by atoms with Gasteiger partial charge >= 0.3 is 0 Å². The van der Waals surface area contributed by atoms with E-state index in [2.05, 4.69) is 17.2 Å². The number of aromatic nitrogens is 1. The van der Waals surface area contributed by atoms with Crippen LogP contribution in [0.3, 0.4) is 0 Å². The number of rotatable bonds is 4. The Morgan fingerprint density at radius 1 is 1.55 bits per heavy atom. The number of thiazole rings is 1. The predicted octanol–water partition coefficient (Wildman–Crippen LogP) is 2.27. The van der Waals surface area contributed by atoms with E-state index in [1.807, 2.05) is 16.7 Å². The summed E-state index contributed by atoms with van der Waals surface area (Å²) in [5, 5.41) is 4.64. The first-order valence-electron chi connectivity index (χ1n) is 7.11. The largest absolute Gasteiger partial charge is 0.382 e. The Kier molecular flexibility index (Phi) is 4.07. The highest BCUT2D eigenvalue weighted by Gasteiger charge is 2.28. The smallest absolute Gasteiger partial charge is 0.267 e. The first kappa shape index (κ1) is 14.0. The maximum absolute atomic E-state index is 12.6. The quantitative estimate of drug-likeness (QED) is 0.892. The Morgan fingerprint density at radius 2 is 2.35 bits per heavy atom. The molecule has 2 aliphatic rings. The molecule has 3 rings (SSSR count). The summed E-state index contributed by atoms with van der Waals surface area (Å²) in [7, 11) is 0. The van der Waals surface area contributed by atoms with Crippen LogP contribution in [0.1, 0.15) is 35.9 Å². The fourth-order valence-corrected chi connectivity index (χ4v) is 4.35. The molecule has 1 aromatic heterocycles. The van der Waals surface area contributed by atoms with Crippen LogP contribution in [0.4, 0.5) is 10.9 Å². The maximum atomic E-state index is 12.6. The van der Waals surface area contributed by atoms with Crippen molar-refractivity contribution in [2.45, 2.75) is 37.5 Å². The van der Waals surface area contributed by atoms with Crippen LogP contribution >= 0.6 is 23.1 Å². The normalized spacial score (nSPS) is 22.9. The summed E-state index contributed by atoms with van der Waals surface area (Å²) in [6.07, 6.45) is 3.47. The van der Waals surface area contributed by atoms with Gasteiger partial charge in [0.25, 0.3) is 5.91 Å². The molecular formula is C13H20N4OS2. The van der Waals surface area contributed by atoms with Gasteiger partial charge < -0.3 is 16.0 Å². The van der Waals surface area contributed by atoms with Crippen LogP contribution in [0, 0.1) is 0 Å². The molecule has 2 fully saturated rings. The predicted molar refractivity (Wildman–Crippen MR) is 85.6 cm³/mol. The van der Waals surface area contributed by atoms with Crippen molar-refractivity contribution in [3.05, 3.63) is 4.88 Å². The number of carbonyl (C=O) groups is 1. The molecule has 1 atom stereocenters. The average Bonchev–Trinajstić information content (AvgIpc) is 3.20. The lowest BCUT2D eigenvalue weighted by Crippen LogP contribution is -2.41. The van der Waals surface area contributed by atoms with Gasteiger partial charge in [-0.3, -0.25) is 4.79 Å². The summed E-state index contributed by atoms with van der Waals surface area (Å²) in [6, 6.07) is 0.527. The standard InChI is InChI=1S/C13H20N4OS2/c1-2-9-7-17(5-6-19-9)12(18)10-11(14)16-13(20-10)15-8-3-4-8/h8-9H,2-7,14H2,1H3,(H,15,16). The lowest BCUT2D eigenvalue weighted by atomic mass is 10.3. The highest BCUT2D eigenvalue weighted by Crippen LogP contribution is 2.32. The fourth-order valence-electron chi connectivity index (χ4n) is 2.24. The molecule has 1 aromatic rings. The first-order valence-corrected chi connectivity index (χ1v) is 8.97. The Morgan fingerprint density at radius 3 is 3.05 bits per heavy atom. The molecule has 5 nitrogen and oxygen atoms in total. The molecule has 2 heterocycles. The second-order valence-electron chi connectivity index (χ2n) is 5.30. The van der Waals surface area contributed by atoms with E-state index < -0.39 is 0 Å². The summed E-state index contributed by atoms with van der Waals surface area (Å²) in [5.74, 6) is 1.42. The van der Waals surface area contributed by atoms with Crippen LogP contribution < -0.4 is 11.1 Å². The van der Waals surface area contributed by atoms with Crippen molar-refractivity contribution >= 4 is 40.0 Å². The summed E-state index contributed by atoms with van der Waals surface area (Å²) in [4.78, 5) is 19.4. The van der Waals surface area contributed by atoms with E-state index >= 15 is 0 Å². The number of nitrogens with zero attached hydrogens (tertiary/aromatic N) is 2. The molecule has 1 saturated heterocycles. The number of nitrogens with one attached hydrogen (secondary N) is 1. The van der Waals surface area contributed by atoms with E-state index in [4.69, 9.17) is 5.73 Å². The summed E-state index contributed by atoms with van der Waals surface area (Å²) in [6.45, 7) is 3.80. The number of hydrogen-bond acceptors (Lipinski definition) is 6. The molecule has 110 valence electrons. The monoisotopic (exact) mass is 312 g/mol. The van der Waals surface area contributed by atoms with Gasteiger partial charge in [-0.15, -0.1) is 0 Å². The van der Waals surface area contributed by atoms with E-state index in [1.165, 1.54) is 24.2 Å². The average molecular weight is 312 g/mol. The number of thioether (sulfide) groups is 1. The van der Waals surface area contributed by atoms with Gasteiger partial charge in [-0.25, -0.2) is 4.98 Å². The van der Waals surface area contributed by atoms with Crippen LogP contribution in [0.2, 0.25) is 0 Å². The van der Waals surface area contributed by atoms with Gasteiger partial charge in [0.1, 0.15) is 10.7 Å². The Bertz CT molecular complexity index is 501. The topological polar surface area (TPSA) is 71.2 Å². The second-order valence-corrected chi connectivity index (χ2v) is 7.71. The molecule has 0 bridgehead atoms. The SMILES string of the molecule is CCC1CN(C(=O)c2sc(NC3CC3)nc2N)CCS1. The van der Waals surface area contributed by atoms with Gasteiger partial charge in [-0.1, -0.05) is 18.3 Å². The molecule has 20 heavy (non-hydrogen) atoms. The van der Waals surface area contributed by atoms with Crippen molar-refractivity contribution in [3.8, 4) is 0 Å². The van der Waals surface area contributed by atoms with Gasteiger partial charge in [0.2, 0.25) is 0 Å². The molecule has 1 aliphatic heterocycles. The summed E-state index contributed by atoms with van der Waals surface area (Å²) < 4.78 is 0. The third-order valence-corrected chi connectivity index (χ3v) is 6.00. The number of hydrogen-bond donors (Lipinski definition) is 2. The lowest BCUT2D eigenvalue weighted by molar-refractivity contribution is 0.0766. The first-order chi connectivity index (χ1) is 9.67. The highest BCUT2D eigenvalue weighted by molar-refractivity contribution is 8.00. The molecule has 3 N–H and O–H groups in total. The zero-order chi connectivity index (χ0) is 14.1. The molecule has 0 radical (unpaired) electrons. The van der Waals surface area contributed by atoms with Gasteiger partial charge in [0.15, 0.2) is 5.13 Å². The molecule has 0 aromatic carbocycles. The number of amides is 1. The van der Waals surface area contributed by atoms with Crippen molar-refractivity contribution in [2.75, 3.05) is 29.9 Å². The second kappa shape index (κ2) is 5.81. The van der Waals surface area contributed by atoms with Crippen molar-refractivity contribution in [2.24, 2.45) is 0 Å². The van der Waals surface area contributed by atoms with Crippen LogP contribution in [0.5, 0.6) is 0 Å². The number of nitrogen functional groups attached to an aromatic ring is 1. The van der Waals surface area contributed by atoms with E-state index in [9.17, 15) is 4.79 Å². The van der Waals surface area contributed by atoms with Crippen molar-refractivity contribution in [1.82, 2.24) is 9.88 Å². The molecule has 7 heteroatoms. The molecule has 0 spiro atoms. The minimum absolute atomic E-state index is 0.0441. The third-order valence-electron chi connectivity index (χ3n) is 3.63. The Labute approximate surface area is 127 Å². The van der Waals surface area contributed by atoms with Crippen molar-refractivity contribution in [1.29, 1.82) is 0 Å². The molecule has 1 unspecified atom stereocenters. The Balaban J connectivity index is 1.70. The van der Waals surface area contributed by atoms with Crippen LogP contribution in [0.15, 0.2) is 0 Å². The summed E-state index contributed by atoms with van der Waals surface area (Å²) in [5.41, 5.74) is 5.92. The van der Waals surface area contributed by atoms with Gasteiger partial charge in [0, 0.05) is 30.1 Å². The summed E-state index contributed by atoms with van der Waals surface area (Å²) >= 11 is 3.35. The molecule has 1 aliphatic carbocycles. The molecular weight excluding hydrogens is 292 g/mol. The number of anilines is 2. The van der Waals surface area contributed by atoms with Crippen molar-refractivity contribution in [3.63, 3.8) is 0 Å². The highest BCUT2D eigenvalue weighted by atomic mass is 32.2. The van der Waals surface area contributed by atoms with E-state index in [-0.39, 0.29) is 5.91 Å². The van der Waals surface area contributed by atoms with Gasteiger partial charge in [-0.05, 0) is 19.3 Å². The van der Waals surface area contributed by atoms with Crippen molar-refractivity contribution < 1.29 is 4.79 Å². The van der Waals surface area contributed by atoms with Gasteiger partial charge in [0.05, 0.1) is 0 Å². The molecule has 1 saturated carbocycles. The maximum Gasteiger partial charge on any atom is 0.267 e. The number of carbonyl (C=O) groups excluding carboxylic acids is 1. The third kappa shape index (κ3) is 3.03. The fraction of sp³-hybridized carbons (Fsp3) is 0.692. The minimum Gasteiger partial charge on any atom is -0.382 e. The van der Waals surface area contributed by atoms with E-state index in [1.54, 1.807) is 0 Å². The van der Waals surface area contributed by atoms with Crippen LogP contribution in [-0.2, 0) is 0 Å². The zero-order valence-corrected chi connectivity index (χ0v) is 13.2. The molecule has 1 amide bonds. The van der Waals surface area contributed by atoms with E-state index in [0.29, 0.717) is 22.0 Å². The van der Waals surface area contributed by atoms with Crippen LogP contribution in [-0.4, -0.2) is 45.9 Å².